The van der Waals surface area contributed by atoms with Crippen LogP contribution in [0.5, 0.6) is 0 Å². The first-order valence-electron chi connectivity index (χ1n) is 16.5. The second-order valence-electron chi connectivity index (χ2n) is 9.49. The average molecular weight is 645 g/mol. The van der Waals surface area contributed by atoms with Gasteiger partial charge in [-0.15, -0.1) is 0 Å². The van der Waals surface area contributed by atoms with E-state index in [2.05, 4.69) is 6.92 Å². The van der Waals surface area contributed by atoms with Gasteiger partial charge in [0.15, 0.2) is 0 Å². The van der Waals surface area contributed by atoms with Gasteiger partial charge in [0.1, 0.15) is 0 Å². The largest absolute Gasteiger partial charge is 0.394 e. The molecule has 0 aliphatic rings. The van der Waals surface area contributed by atoms with Crippen LogP contribution in [-0.4, -0.2) is 170 Å². The Balaban J connectivity index is 3.03. The molecule has 0 fully saturated rings. The lowest BCUT2D eigenvalue weighted by atomic mass is 10.2. The van der Waals surface area contributed by atoms with Gasteiger partial charge in [-0.05, 0) is 6.42 Å². The molecule has 0 spiro atoms. The van der Waals surface area contributed by atoms with Crippen molar-refractivity contribution in [2.75, 3.05) is 165 Å². The highest BCUT2D eigenvalue weighted by Crippen LogP contribution is 2.02. The first kappa shape index (κ1) is 43.5. The molecule has 266 valence electrons. The van der Waals surface area contributed by atoms with Crippen molar-refractivity contribution in [2.45, 2.75) is 39.0 Å². The lowest BCUT2D eigenvalue weighted by Crippen LogP contribution is -2.15. The van der Waals surface area contributed by atoms with E-state index in [0.717, 1.165) is 13.0 Å². The minimum absolute atomic E-state index is 0.0270. The highest BCUT2D eigenvalue weighted by Gasteiger charge is 1.97. The second kappa shape index (κ2) is 42.5. The lowest BCUT2D eigenvalue weighted by molar-refractivity contribution is -0.0286. The van der Waals surface area contributed by atoms with Crippen molar-refractivity contribution in [2.24, 2.45) is 0 Å². The van der Waals surface area contributed by atoms with E-state index < -0.39 is 0 Å². The molecule has 0 bridgehead atoms. The van der Waals surface area contributed by atoms with Gasteiger partial charge in [-0.1, -0.05) is 32.6 Å². The van der Waals surface area contributed by atoms with Crippen LogP contribution >= 0.6 is 0 Å². The van der Waals surface area contributed by atoms with Crippen LogP contribution in [0.25, 0.3) is 0 Å². The normalized spacial score (nSPS) is 11.6. The molecule has 0 aliphatic carbocycles. The summed E-state index contributed by atoms with van der Waals surface area (Å²) in [6.07, 6.45) is 6.27. The summed E-state index contributed by atoms with van der Waals surface area (Å²) in [5.41, 5.74) is 0. The molecule has 0 atom stereocenters. The molecule has 0 saturated heterocycles. The van der Waals surface area contributed by atoms with E-state index in [0.29, 0.717) is 152 Å². The predicted molar refractivity (Wildman–Crippen MR) is 166 cm³/mol. The maximum atomic E-state index is 8.57. The van der Waals surface area contributed by atoms with E-state index in [4.69, 9.17) is 61.9 Å². The van der Waals surface area contributed by atoms with E-state index >= 15 is 0 Å². The monoisotopic (exact) mass is 644 g/mol. The Labute approximate surface area is 266 Å². The van der Waals surface area contributed by atoms with Gasteiger partial charge < -0.3 is 61.9 Å². The fourth-order valence-electron chi connectivity index (χ4n) is 3.39. The maximum Gasteiger partial charge on any atom is 0.0701 e. The highest BCUT2D eigenvalue weighted by atomic mass is 16.6. The Morgan fingerprint density at radius 1 is 0.250 bits per heavy atom. The summed E-state index contributed by atoms with van der Waals surface area (Å²) in [6.45, 7) is 15.0. The van der Waals surface area contributed by atoms with Crippen LogP contribution in [0, 0.1) is 0 Å². The molecule has 13 heteroatoms. The first-order chi connectivity index (χ1) is 21.9. The van der Waals surface area contributed by atoms with Crippen LogP contribution in [0.4, 0.5) is 0 Å². The molecule has 0 aromatic carbocycles. The number of rotatable bonds is 41. The third-order valence-electron chi connectivity index (χ3n) is 5.72. The Kier molecular flexibility index (Phi) is 42.0. The number of hydrogen-bond acceptors (Lipinski definition) is 13. The Hall–Kier alpha value is -0.520. The van der Waals surface area contributed by atoms with Crippen LogP contribution < -0.4 is 0 Å². The molecule has 0 radical (unpaired) electrons. The quantitative estimate of drug-likeness (QED) is 0.0977. The smallest absolute Gasteiger partial charge is 0.0701 e. The van der Waals surface area contributed by atoms with Crippen molar-refractivity contribution in [3.8, 4) is 0 Å². The third-order valence-corrected chi connectivity index (χ3v) is 5.72. The van der Waals surface area contributed by atoms with E-state index in [9.17, 15) is 0 Å². The minimum Gasteiger partial charge on any atom is -0.394 e. The van der Waals surface area contributed by atoms with Crippen LogP contribution in [-0.2, 0) is 56.8 Å². The van der Waals surface area contributed by atoms with Gasteiger partial charge >= 0.3 is 0 Å². The van der Waals surface area contributed by atoms with Crippen LogP contribution in [0.3, 0.4) is 0 Å². The Bertz CT molecular complexity index is 449. The maximum absolute atomic E-state index is 8.57. The van der Waals surface area contributed by atoms with Crippen molar-refractivity contribution in [3.05, 3.63) is 0 Å². The summed E-state index contributed by atoms with van der Waals surface area (Å²) in [7, 11) is 0. The summed E-state index contributed by atoms with van der Waals surface area (Å²) in [5.74, 6) is 0. The predicted octanol–water partition coefficient (Wildman–Crippen LogP) is 2.15. The van der Waals surface area contributed by atoms with Crippen molar-refractivity contribution in [3.63, 3.8) is 0 Å². The summed E-state index contributed by atoms with van der Waals surface area (Å²) < 4.78 is 65.2. The fourth-order valence-corrected chi connectivity index (χ4v) is 3.39. The highest BCUT2D eigenvalue weighted by molar-refractivity contribution is 4.42. The number of unbranched alkanes of at least 4 members (excludes halogenated alkanes) is 4. The Morgan fingerprint density at radius 3 is 0.682 bits per heavy atom. The molecule has 0 aromatic heterocycles. The van der Waals surface area contributed by atoms with Gasteiger partial charge in [0.05, 0.1) is 159 Å². The van der Waals surface area contributed by atoms with Gasteiger partial charge in [-0.3, -0.25) is 0 Å². The molecule has 0 saturated carbocycles. The molecule has 0 aromatic rings. The molecule has 0 unspecified atom stereocenters. The lowest BCUT2D eigenvalue weighted by Gasteiger charge is -2.09. The third kappa shape index (κ3) is 41.5. The van der Waals surface area contributed by atoms with Crippen molar-refractivity contribution in [1.82, 2.24) is 0 Å². The van der Waals surface area contributed by atoms with Crippen LogP contribution in [0.1, 0.15) is 39.0 Å². The number of aliphatic hydroxyl groups is 1. The fraction of sp³-hybridized carbons (Fsp3) is 1.00. The van der Waals surface area contributed by atoms with E-state index in [1.54, 1.807) is 0 Å². The standard InChI is InChI=1S/C31H64O13/c1-2-3-4-5-6-8-33-10-12-35-14-16-37-18-20-39-22-24-41-26-28-43-30-31-44-29-27-42-25-23-40-21-19-38-17-15-36-13-11-34-9-7-32/h32H,2-31H2,1H3. The van der Waals surface area contributed by atoms with E-state index in [1.807, 2.05) is 0 Å². The number of aliphatic hydroxyl groups excluding tert-OH is 1. The number of ether oxygens (including phenoxy) is 12. The molecule has 0 aliphatic heterocycles. The zero-order chi connectivity index (χ0) is 31.7. The first-order valence-corrected chi connectivity index (χ1v) is 16.5. The molecular formula is C31H64O13. The minimum atomic E-state index is 0.0270. The zero-order valence-electron chi connectivity index (χ0n) is 27.6. The summed E-state index contributed by atoms with van der Waals surface area (Å²) in [6, 6.07) is 0. The van der Waals surface area contributed by atoms with Gasteiger partial charge in [0.25, 0.3) is 0 Å². The summed E-state index contributed by atoms with van der Waals surface area (Å²) >= 11 is 0. The summed E-state index contributed by atoms with van der Waals surface area (Å²) in [4.78, 5) is 0. The van der Waals surface area contributed by atoms with E-state index in [-0.39, 0.29) is 6.61 Å². The molecule has 1 N–H and O–H groups in total. The molecule has 44 heavy (non-hydrogen) atoms. The van der Waals surface area contributed by atoms with Crippen LogP contribution in [0.15, 0.2) is 0 Å². The van der Waals surface area contributed by atoms with Crippen molar-refractivity contribution >= 4 is 0 Å². The molecule has 0 amide bonds. The average Bonchev–Trinajstić information content (AvgIpc) is 3.04. The van der Waals surface area contributed by atoms with Crippen molar-refractivity contribution in [1.29, 1.82) is 0 Å². The molecule has 0 rings (SSSR count). The van der Waals surface area contributed by atoms with Gasteiger partial charge in [-0.2, -0.15) is 0 Å². The molecular weight excluding hydrogens is 580 g/mol. The van der Waals surface area contributed by atoms with Crippen LogP contribution in [0.2, 0.25) is 0 Å². The topological polar surface area (TPSA) is 131 Å². The van der Waals surface area contributed by atoms with Gasteiger partial charge in [-0.25, -0.2) is 0 Å². The molecule has 0 heterocycles. The van der Waals surface area contributed by atoms with Gasteiger partial charge in [0.2, 0.25) is 0 Å². The van der Waals surface area contributed by atoms with E-state index in [1.165, 1.54) is 25.7 Å². The van der Waals surface area contributed by atoms with Gasteiger partial charge in [0, 0.05) is 6.61 Å². The number of hydrogen-bond donors (Lipinski definition) is 1. The SMILES string of the molecule is CCCCCCCOCCOCCOCCOCCOCCOCCOCCOCCOCCOCCOCCOCCO. The Morgan fingerprint density at radius 2 is 0.455 bits per heavy atom. The van der Waals surface area contributed by atoms with Crippen molar-refractivity contribution < 1.29 is 61.9 Å². The second-order valence-corrected chi connectivity index (χ2v) is 9.49. The molecule has 13 nitrogen and oxygen atoms in total. The summed E-state index contributed by atoms with van der Waals surface area (Å²) in [5, 5.41) is 8.57. The zero-order valence-corrected chi connectivity index (χ0v) is 27.6.